The molecule has 0 saturated carbocycles. The van der Waals surface area contributed by atoms with E-state index in [1.807, 2.05) is 6.92 Å². The van der Waals surface area contributed by atoms with Crippen molar-refractivity contribution >= 4 is 17.7 Å². The van der Waals surface area contributed by atoms with Crippen LogP contribution in [0.5, 0.6) is 0 Å². The van der Waals surface area contributed by atoms with Crippen LogP contribution in [0.3, 0.4) is 0 Å². The van der Waals surface area contributed by atoms with Gasteiger partial charge in [0, 0.05) is 18.6 Å². The van der Waals surface area contributed by atoms with Gasteiger partial charge in [0.2, 0.25) is 0 Å². The third-order valence-corrected chi connectivity index (χ3v) is 3.49. The first kappa shape index (κ1) is 15.2. The smallest absolute Gasteiger partial charge is 0.337 e. The Morgan fingerprint density at radius 2 is 2.24 bits per heavy atom. The average Bonchev–Trinajstić information content (AvgIpc) is 2.91. The number of carboxylic acid groups (broad SMARTS) is 1. The SMILES string of the molecule is CC(NC(=O)Nc1cc(F)ccc1C(=O)O)C1CCOC1. The summed E-state index contributed by atoms with van der Waals surface area (Å²) in [6.07, 6.45) is 0.863. The van der Waals surface area contributed by atoms with Crippen LogP contribution in [0, 0.1) is 11.7 Å². The van der Waals surface area contributed by atoms with Crippen molar-refractivity contribution in [1.82, 2.24) is 5.32 Å². The Bertz CT molecular complexity index is 544. The molecule has 2 atom stereocenters. The predicted octanol–water partition coefficient (Wildman–Crippen LogP) is 2.07. The molecular formula is C14H17FN2O4. The second kappa shape index (κ2) is 6.53. The monoisotopic (exact) mass is 296 g/mol. The largest absolute Gasteiger partial charge is 0.478 e. The standard InChI is InChI=1S/C14H17FN2O4/c1-8(9-4-5-21-7-9)16-14(20)17-12-6-10(15)2-3-11(12)13(18)19/h2-3,6,8-9H,4-5,7H2,1H3,(H,18,19)(H2,16,17,20). The number of ether oxygens (including phenoxy) is 1. The van der Waals surface area contributed by atoms with Crippen LogP contribution in [0.15, 0.2) is 18.2 Å². The third-order valence-electron chi connectivity index (χ3n) is 3.49. The highest BCUT2D eigenvalue weighted by Gasteiger charge is 2.24. The second-order valence-corrected chi connectivity index (χ2v) is 5.01. The van der Waals surface area contributed by atoms with E-state index in [4.69, 9.17) is 9.84 Å². The van der Waals surface area contributed by atoms with Crippen LogP contribution < -0.4 is 10.6 Å². The minimum Gasteiger partial charge on any atom is -0.478 e. The summed E-state index contributed by atoms with van der Waals surface area (Å²) in [6, 6.07) is 2.44. The molecule has 0 aliphatic carbocycles. The first-order valence-electron chi connectivity index (χ1n) is 6.65. The van der Waals surface area contributed by atoms with Crippen molar-refractivity contribution in [3.63, 3.8) is 0 Å². The fraction of sp³-hybridized carbons (Fsp3) is 0.429. The number of carbonyl (C=O) groups is 2. The molecule has 1 aromatic rings. The maximum Gasteiger partial charge on any atom is 0.337 e. The van der Waals surface area contributed by atoms with Crippen LogP contribution in [0.4, 0.5) is 14.9 Å². The number of halogens is 1. The summed E-state index contributed by atoms with van der Waals surface area (Å²) in [5.74, 6) is -1.63. The second-order valence-electron chi connectivity index (χ2n) is 5.01. The predicted molar refractivity (Wildman–Crippen MR) is 73.9 cm³/mol. The number of nitrogens with one attached hydrogen (secondary N) is 2. The van der Waals surface area contributed by atoms with Gasteiger partial charge in [0.15, 0.2) is 0 Å². The van der Waals surface area contributed by atoms with Gasteiger partial charge in [-0.15, -0.1) is 0 Å². The zero-order valence-electron chi connectivity index (χ0n) is 11.6. The molecule has 2 rings (SSSR count). The van der Waals surface area contributed by atoms with Crippen molar-refractivity contribution in [2.24, 2.45) is 5.92 Å². The molecule has 1 fully saturated rings. The molecule has 1 aromatic carbocycles. The number of carboxylic acids is 1. The Morgan fingerprint density at radius 1 is 1.48 bits per heavy atom. The summed E-state index contributed by atoms with van der Waals surface area (Å²) in [5.41, 5.74) is -0.238. The molecule has 6 nitrogen and oxygen atoms in total. The van der Waals surface area contributed by atoms with Gasteiger partial charge in [-0.1, -0.05) is 0 Å². The van der Waals surface area contributed by atoms with Crippen LogP contribution in [-0.4, -0.2) is 36.4 Å². The van der Waals surface area contributed by atoms with Gasteiger partial charge in [-0.3, -0.25) is 0 Å². The summed E-state index contributed by atoms with van der Waals surface area (Å²) in [5, 5.41) is 14.1. The topological polar surface area (TPSA) is 87.7 Å². The zero-order chi connectivity index (χ0) is 15.4. The highest BCUT2D eigenvalue weighted by molar-refractivity contribution is 6.00. The van der Waals surface area contributed by atoms with Crippen LogP contribution in [0.2, 0.25) is 0 Å². The van der Waals surface area contributed by atoms with Gasteiger partial charge in [0.25, 0.3) is 0 Å². The molecule has 2 unspecified atom stereocenters. The molecule has 0 bridgehead atoms. The lowest BCUT2D eigenvalue weighted by Gasteiger charge is -2.19. The number of aromatic carboxylic acids is 1. The molecule has 1 aliphatic rings. The van der Waals surface area contributed by atoms with Gasteiger partial charge in [-0.2, -0.15) is 0 Å². The number of urea groups is 1. The van der Waals surface area contributed by atoms with Crippen molar-refractivity contribution in [3.8, 4) is 0 Å². The maximum absolute atomic E-state index is 13.2. The van der Waals surface area contributed by atoms with E-state index in [9.17, 15) is 14.0 Å². The fourth-order valence-corrected chi connectivity index (χ4v) is 2.24. The van der Waals surface area contributed by atoms with E-state index in [2.05, 4.69) is 10.6 Å². The minimum atomic E-state index is -1.23. The molecule has 7 heteroatoms. The highest BCUT2D eigenvalue weighted by Crippen LogP contribution is 2.19. The molecule has 21 heavy (non-hydrogen) atoms. The lowest BCUT2D eigenvalue weighted by molar-refractivity contribution is 0.0698. The number of benzene rings is 1. The van der Waals surface area contributed by atoms with Gasteiger partial charge < -0.3 is 20.5 Å². The minimum absolute atomic E-state index is 0.0742. The summed E-state index contributed by atoms with van der Waals surface area (Å²) in [4.78, 5) is 22.9. The molecule has 114 valence electrons. The zero-order valence-corrected chi connectivity index (χ0v) is 11.6. The van der Waals surface area contributed by atoms with E-state index in [1.54, 1.807) is 0 Å². The number of hydrogen-bond donors (Lipinski definition) is 3. The number of amides is 2. The summed E-state index contributed by atoms with van der Waals surface area (Å²) >= 11 is 0. The Labute approximate surface area is 121 Å². The van der Waals surface area contributed by atoms with E-state index in [1.165, 1.54) is 0 Å². The Kier molecular flexibility index (Phi) is 4.74. The van der Waals surface area contributed by atoms with E-state index in [-0.39, 0.29) is 23.2 Å². The lowest BCUT2D eigenvalue weighted by Crippen LogP contribution is -2.41. The first-order valence-corrected chi connectivity index (χ1v) is 6.65. The third kappa shape index (κ3) is 3.91. The van der Waals surface area contributed by atoms with Crippen molar-refractivity contribution in [2.45, 2.75) is 19.4 Å². The fourth-order valence-electron chi connectivity index (χ4n) is 2.24. The maximum atomic E-state index is 13.2. The summed E-state index contributed by atoms with van der Waals surface area (Å²) in [6.45, 7) is 3.11. The average molecular weight is 296 g/mol. The molecule has 3 N–H and O–H groups in total. The van der Waals surface area contributed by atoms with E-state index in [0.717, 1.165) is 24.6 Å². The van der Waals surface area contributed by atoms with Crippen LogP contribution in [0.1, 0.15) is 23.7 Å². The summed E-state index contributed by atoms with van der Waals surface area (Å²) < 4.78 is 18.4. The summed E-state index contributed by atoms with van der Waals surface area (Å²) in [7, 11) is 0. The Morgan fingerprint density at radius 3 is 2.86 bits per heavy atom. The molecule has 1 saturated heterocycles. The van der Waals surface area contributed by atoms with Gasteiger partial charge >= 0.3 is 12.0 Å². The first-order chi connectivity index (χ1) is 9.97. The number of rotatable bonds is 4. The molecule has 0 spiro atoms. The molecule has 2 amide bonds. The van der Waals surface area contributed by atoms with Crippen molar-refractivity contribution in [1.29, 1.82) is 0 Å². The molecule has 1 aliphatic heterocycles. The number of anilines is 1. The van der Waals surface area contributed by atoms with Crippen LogP contribution in [-0.2, 0) is 4.74 Å². The van der Waals surface area contributed by atoms with Gasteiger partial charge in [-0.25, -0.2) is 14.0 Å². The van der Waals surface area contributed by atoms with E-state index in [0.29, 0.717) is 13.2 Å². The van der Waals surface area contributed by atoms with Crippen LogP contribution >= 0.6 is 0 Å². The van der Waals surface area contributed by atoms with Crippen molar-refractivity contribution < 1.29 is 23.8 Å². The van der Waals surface area contributed by atoms with Gasteiger partial charge in [0.1, 0.15) is 5.82 Å². The molecular weight excluding hydrogens is 279 g/mol. The van der Waals surface area contributed by atoms with E-state index < -0.39 is 17.8 Å². The number of hydrogen-bond acceptors (Lipinski definition) is 3. The molecule has 0 radical (unpaired) electrons. The normalized spacial score (nSPS) is 19.0. The van der Waals surface area contributed by atoms with Crippen molar-refractivity contribution in [3.05, 3.63) is 29.6 Å². The Hall–Kier alpha value is -2.15. The quantitative estimate of drug-likeness (QED) is 0.793. The van der Waals surface area contributed by atoms with Crippen molar-refractivity contribution in [2.75, 3.05) is 18.5 Å². The lowest BCUT2D eigenvalue weighted by atomic mass is 10.0. The van der Waals surface area contributed by atoms with Gasteiger partial charge in [0.05, 0.1) is 17.9 Å². The Balaban J connectivity index is 2.02. The number of carbonyl (C=O) groups excluding carboxylic acids is 1. The van der Waals surface area contributed by atoms with Crippen LogP contribution in [0.25, 0.3) is 0 Å². The molecule has 0 aromatic heterocycles. The molecule has 1 heterocycles. The highest BCUT2D eigenvalue weighted by atomic mass is 19.1. The van der Waals surface area contributed by atoms with E-state index >= 15 is 0 Å². The van der Waals surface area contributed by atoms with Gasteiger partial charge in [-0.05, 0) is 31.5 Å².